The Balaban J connectivity index is 3.21. The molecule has 1 aromatic carbocycles. The van der Waals surface area contributed by atoms with E-state index in [2.05, 4.69) is 19.1 Å². The molecular formula is C13H16N2. The molecule has 0 heterocycles. The van der Waals surface area contributed by atoms with Gasteiger partial charge in [-0.15, -0.1) is 0 Å². The summed E-state index contributed by atoms with van der Waals surface area (Å²) in [5.74, 6) is 0. The molecule has 0 aliphatic rings. The third-order valence-electron chi connectivity index (χ3n) is 2.18. The Morgan fingerprint density at radius 2 is 2.00 bits per heavy atom. The lowest BCUT2D eigenvalue weighted by Crippen LogP contribution is -2.02. The van der Waals surface area contributed by atoms with Crippen molar-refractivity contribution in [1.29, 1.82) is 5.26 Å². The number of hydrogen-bond acceptors (Lipinski definition) is 2. The summed E-state index contributed by atoms with van der Waals surface area (Å²) in [6.45, 7) is 4.08. The van der Waals surface area contributed by atoms with Gasteiger partial charge in [0.15, 0.2) is 0 Å². The van der Waals surface area contributed by atoms with E-state index >= 15 is 0 Å². The quantitative estimate of drug-likeness (QED) is 0.686. The van der Waals surface area contributed by atoms with E-state index in [-0.39, 0.29) is 0 Å². The molecule has 0 spiro atoms. The van der Waals surface area contributed by atoms with Crippen LogP contribution < -0.4 is 0 Å². The number of hydrogen-bond donors (Lipinski definition) is 0. The minimum atomic E-state index is 0.706. The highest BCUT2D eigenvalue weighted by Crippen LogP contribution is 2.19. The average molecular weight is 200 g/mol. The first-order chi connectivity index (χ1) is 7.04. The summed E-state index contributed by atoms with van der Waals surface area (Å²) in [7, 11) is 3.84. The molecular weight excluding hydrogens is 184 g/mol. The van der Waals surface area contributed by atoms with Gasteiger partial charge >= 0.3 is 0 Å². The molecule has 78 valence electrons. The van der Waals surface area contributed by atoms with Gasteiger partial charge in [0, 0.05) is 20.3 Å². The average Bonchev–Trinajstić information content (AvgIpc) is 2.14. The predicted octanol–water partition coefficient (Wildman–Crippen LogP) is 2.73. The predicted molar refractivity (Wildman–Crippen MR) is 63.2 cm³/mol. The van der Waals surface area contributed by atoms with Crippen molar-refractivity contribution in [3.05, 3.63) is 41.1 Å². The van der Waals surface area contributed by atoms with E-state index in [1.807, 2.05) is 44.3 Å². The van der Waals surface area contributed by atoms with Crippen molar-refractivity contribution in [3.8, 4) is 6.07 Å². The largest absolute Gasteiger partial charge is 0.382 e. The summed E-state index contributed by atoms with van der Waals surface area (Å²) < 4.78 is 0. The van der Waals surface area contributed by atoms with Gasteiger partial charge in [-0.05, 0) is 25.0 Å². The van der Waals surface area contributed by atoms with Gasteiger partial charge in [0.05, 0.1) is 5.57 Å². The molecule has 0 amide bonds. The second kappa shape index (κ2) is 4.65. The minimum Gasteiger partial charge on any atom is -0.382 e. The Bertz CT molecular complexity index is 423. The Morgan fingerprint density at radius 3 is 2.47 bits per heavy atom. The molecule has 0 saturated carbocycles. The van der Waals surface area contributed by atoms with Crippen LogP contribution in [-0.4, -0.2) is 19.0 Å². The zero-order chi connectivity index (χ0) is 11.4. The lowest BCUT2D eigenvalue weighted by Gasteiger charge is -2.09. The second-order valence-corrected chi connectivity index (χ2v) is 3.94. The van der Waals surface area contributed by atoms with Crippen molar-refractivity contribution in [3.63, 3.8) is 0 Å². The van der Waals surface area contributed by atoms with E-state index in [1.165, 1.54) is 5.56 Å². The summed E-state index contributed by atoms with van der Waals surface area (Å²) in [6.07, 6.45) is 1.84. The van der Waals surface area contributed by atoms with Crippen molar-refractivity contribution >= 4 is 5.57 Å². The van der Waals surface area contributed by atoms with Crippen molar-refractivity contribution in [1.82, 2.24) is 4.90 Å². The number of nitriles is 1. The third-order valence-corrected chi connectivity index (χ3v) is 2.18. The molecule has 0 radical (unpaired) electrons. The highest BCUT2D eigenvalue weighted by molar-refractivity contribution is 5.78. The maximum absolute atomic E-state index is 9.08. The van der Waals surface area contributed by atoms with Gasteiger partial charge in [-0.2, -0.15) is 5.26 Å². The van der Waals surface area contributed by atoms with Gasteiger partial charge < -0.3 is 4.90 Å². The summed E-state index contributed by atoms with van der Waals surface area (Å²) in [4.78, 5) is 1.89. The molecule has 0 aromatic heterocycles. The third kappa shape index (κ3) is 2.85. The summed E-state index contributed by atoms with van der Waals surface area (Å²) >= 11 is 0. The summed E-state index contributed by atoms with van der Waals surface area (Å²) in [5, 5.41) is 9.08. The smallest absolute Gasteiger partial charge is 0.101 e. The first-order valence-electron chi connectivity index (χ1n) is 4.90. The number of allylic oxidation sites excluding steroid dienone is 1. The van der Waals surface area contributed by atoms with Crippen molar-refractivity contribution in [2.45, 2.75) is 13.8 Å². The lowest BCUT2D eigenvalue weighted by molar-refractivity contribution is 0.566. The Morgan fingerprint density at radius 1 is 1.33 bits per heavy atom. The number of benzene rings is 1. The first-order valence-corrected chi connectivity index (χ1v) is 4.90. The van der Waals surface area contributed by atoms with Gasteiger partial charge in [0.2, 0.25) is 0 Å². The maximum Gasteiger partial charge on any atom is 0.101 e. The van der Waals surface area contributed by atoms with E-state index < -0.39 is 0 Å². The topological polar surface area (TPSA) is 27.0 Å². The van der Waals surface area contributed by atoms with Crippen LogP contribution in [0, 0.1) is 25.2 Å². The number of aryl methyl sites for hydroxylation is 2. The zero-order valence-corrected chi connectivity index (χ0v) is 9.70. The van der Waals surface area contributed by atoms with Crippen molar-refractivity contribution in [2.24, 2.45) is 0 Å². The van der Waals surface area contributed by atoms with Gasteiger partial charge in [-0.3, -0.25) is 0 Å². The standard InChI is InChI=1S/C13H16N2/c1-10-5-6-13(11(2)7-10)12(8-14)9-15(3)4/h5-7,9H,1-4H3/b12-9+. The van der Waals surface area contributed by atoms with E-state index in [0.717, 1.165) is 11.1 Å². The van der Waals surface area contributed by atoms with Crippen LogP contribution in [-0.2, 0) is 0 Å². The fourth-order valence-electron chi connectivity index (χ4n) is 1.53. The fraction of sp³-hybridized carbons (Fsp3) is 0.308. The highest BCUT2D eigenvalue weighted by atomic mass is 15.0. The molecule has 0 atom stereocenters. The molecule has 1 aromatic rings. The SMILES string of the molecule is Cc1ccc(/C(C#N)=C/N(C)C)c(C)c1. The second-order valence-electron chi connectivity index (χ2n) is 3.94. The van der Waals surface area contributed by atoms with Crippen LogP contribution in [0.25, 0.3) is 5.57 Å². The van der Waals surface area contributed by atoms with E-state index in [4.69, 9.17) is 5.26 Å². The van der Waals surface area contributed by atoms with Crippen molar-refractivity contribution in [2.75, 3.05) is 14.1 Å². The van der Waals surface area contributed by atoms with Gasteiger partial charge in [-0.25, -0.2) is 0 Å². The van der Waals surface area contributed by atoms with Crippen LogP contribution in [0.15, 0.2) is 24.4 Å². The molecule has 0 N–H and O–H groups in total. The van der Waals surface area contributed by atoms with E-state index in [1.54, 1.807) is 0 Å². The van der Waals surface area contributed by atoms with Gasteiger partial charge in [-0.1, -0.05) is 23.8 Å². The molecule has 0 aliphatic heterocycles. The Kier molecular flexibility index (Phi) is 3.51. The minimum absolute atomic E-state index is 0.706. The van der Waals surface area contributed by atoms with Crippen molar-refractivity contribution < 1.29 is 0 Å². The Labute approximate surface area is 91.4 Å². The molecule has 0 aliphatic carbocycles. The molecule has 2 heteroatoms. The summed E-state index contributed by atoms with van der Waals surface area (Å²) in [5.41, 5.74) is 4.08. The molecule has 0 fully saturated rings. The van der Waals surface area contributed by atoms with Crippen LogP contribution in [0.5, 0.6) is 0 Å². The van der Waals surface area contributed by atoms with Crippen LogP contribution >= 0.6 is 0 Å². The van der Waals surface area contributed by atoms with Crippen LogP contribution in [0.4, 0.5) is 0 Å². The fourth-order valence-corrected chi connectivity index (χ4v) is 1.53. The van der Waals surface area contributed by atoms with E-state index in [9.17, 15) is 0 Å². The van der Waals surface area contributed by atoms with Crippen LogP contribution in [0.2, 0.25) is 0 Å². The van der Waals surface area contributed by atoms with Gasteiger partial charge in [0.1, 0.15) is 6.07 Å². The molecule has 0 unspecified atom stereocenters. The molecule has 0 saturated heterocycles. The first kappa shape index (κ1) is 11.3. The highest BCUT2D eigenvalue weighted by Gasteiger charge is 2.04. The molecule has 15 heavy (non-hydrogen) atoms. The monoisotopic (exact) mass is 200 g/mol. The molecule has 0 bridgehead atoms. The zero-order valence-electron chi connectivity index (χ0n) is 9.70. The Hall–Kier alpha value is -1.75. The number of nitrogens with zero attached hydrogens (tertiary/aromatic N) is 2. The number of rotatable bonds is 2. The van der Waals surface area contributed by atoms with Crippen LogP contribution in [0.3, 0.4) is 0 Å². The normalized spacial score (nSPS) is 11.0. The van der Waals surface area contributed by atoms with E-state index in [0.29, 0.717) is 5.57 Å². The maximum atomic E-state index is 9.08. The summed E-state index contributed by atoms with van der Waals surface area (Å²) in [6, 6.07) is 8.36. The lowest BCUT2D eigenvalue weighted by atomic mass is 10.00. The molecule has 2 nitrogen and oxygen atoms in total. The molecule has 1 rings (SSSR count). The van der Waals surface area contributed by atoms with Crippen LogP contribution in [0.1, 0.15) is 16.7 Å². The van der Waals surface area contributed by atoms with Gasteiger partial charge in [0.25, 0.3) is 0 Å².